The molecule has 2 aromatic rings. The van der Waals surface area contributed by atoms with E-state index in [2.05, 4.69) is 5.10 Å². The summed E-state index contributed by atoms with van der Waals surface area (Å²) in [6.07, 6.45) is -0.298. The van der Waals surface area contributed by atoms with Crippen molar-refractivity contribution in [2.75, 3.05) is 23.3 Å². The Hall–Kier alpha value is -2.29. The summed E-state index contributed by atoms with van der Waals surface area (Å²) in [4.78, 5) is 11.1. The number of nitrogens with zero attached hydrogens (tertiary/aromatic N) is 3. The molecule has 0 aliphatic rings. The smallest absolute Gasteiger partial charge is 0.432 e. The molecule has 0 saturated heterocycles. The molecule has 8 nitrogen and oxygen atoms in total. The van der Waals surface area contributed by atoms with Gasteiger partial charge in [-0.25, -0.2) is 13.2 Å². The number of fused-ring (bicyclic) bond motifs is 1. The summed E-state index contributed by atoms with van der Waals surface area (Å²) in [6, 6.07) is 4.48. The Morgan fingerprint density at radius 2 is 2.11 bits per heavy atom. The first-order chi connectivity index (χ1) is 8.71. The highest BCUT2D eigenvalue weighted by molar-refractivity contribution is 7.92. The minimum atomic E-state index is -3.55. The van der Waals surface area contributed by atoms with Gasteiger partial charge in [-0.1, -0.05) is 0 Å². The Morgan fingerprint density at radius 3 is 2.63 bits per heavy atom. The SMILES string of the molecule is CN(c1nn(C(=O)O)c2ccc(N)cc12)S(C)(=O)=O. The number of sulfonamides is 1. The van der Waals surface area contributed by atoms with Gasteiger partial charge in [0.1, 0.15) is 0 Å². The number of nitrogens with two attached hydrogens (primary N) is 1. The Bertz CT molecular complexity index is 765. The van der Waals surface area contributed by atoms with Gasteiger partial charge in [0, 0.05) is 18.1 Å². The molecule has 1 aromatic carbocycles. The van der Waals surface area contributed by atoms with Crippen LogP contribution in [0.4, 0.5) is 16.3 Å². The van der Waals surface area contributed by atoms with Gasteiger partial charge in [0.05, 0.1) is 11.8 Å². The summed E-state index contributed by atoms with van der Waals surface area (Å²) in [7, 11) is -2.25. The summed E-state index contributed by atoms with van der Waals surface area (Å²) in [6.45, 7) is 0. The third-order valence-electron chi connectivity index (χ3n) is 2.66. The average molecular weight is 284 g/mol. The summed E-state index contributed by atoms with van der Waals surface area (Å²) in [5.41, 5.74) is 6.29. The third kappa shape index (κ3) is 2.19. The van der Waals surface area contributed by atoms with E-state index in [0.717, 1.165) is 10.6 Å². The lowest BCUT2D eigenvalue weighted by atomic mass is 10.2. The van der Waals surface area contributed by atoms with Crippen molar-refractivity contribution in [1.29, 1.82) is 0 Å². The molecule has 0 radical (unpaired) electrons. The number of benzene rings is 1. The van der Waals surface area contributed by atoms with Crippen LogP contribution in [0, 0.1) is 0 Å². The molecule has 1 aromatic heterocycles. The number of carboxylic acid groups (broad SMARTS) is 1. The van der Waals surface area contributed by atoms with E-state index < -0.39 is 16.1 Å². The first-order valence-electron chi connectivity index (χ1n) is 5.17. The maximum atomic E-state index is 11.5. The van der Waals surface area contributed by atoms with E-state index >= 15 is 0 Å². The second-order valence-corrected chi connectivity index (χ2v) is 6.04. The average Bonchev–Trinajstić information content (AvgIpc) is 2.65. The van der Waals surface area contributed by atoms with Crippen molar-refractivity contribution >= 4 is 38.5 Å². The standard InChI is InChI=1S/C10H12N4O4S/c1-13(19(2,17)18)9-7-5-6(11)3-4-8(7)14(12-9)10(15)16/h3-5H,11H2,1-2H3,(H,15,16). The van der Waals surface area contributed by atoms with Gasteiger partial charge in [0.15, 0.2) is 5.82 Å². The highest BCUT2D eigenvalue weighted by atomic mass is 32.2. The van der Waals surface area contributed by atoms with Crippen LogP contribution >= 0.6 is 0 Å². The van der Waals surface area contributed by atoms with Crippen LogP contribution in [-0.4, -0.2) is 42.7 Å². The fourth-order valence-electron chi connectivity index (χ4n) is 1.66. The topological polar surface area (TPSA) is 119 Å². The van der Waals surface area contributed by atoms with Crippen LogP contribution in [0.1, 0.15) is 0 Å². The van der Waals surface area contributed by atoms with Gasteiger partial charge in [-0.2, -0.15) is 4.68 Å². The maximum absolute atomic E-state index is 11.5. The van der Waals surface area contributed by atoms with Crippen molar-refractivity contribution in [1.82, 2.24) is 9.78 Å². The molecule has 0 saturated carbocycles. The molecule has 0 atom stereocenters. The van der Waals surface area contributed by atoms with Gasteiger partial charge in [-0.05, 0) is 18.2 Å². The Morgan fingerprint density at radius 1 is 1.47 bits per heavy atom. The highest BCUT2D eigenvalue weighted by Crippen LogP contribution is 2.28. The molecular formula is C10H12N4O4S. The molecule has 9 heteroatoms. The van der Waals surface area contributed by atoms with Crippen LogP contribution in [0.3, 0.4) is 0 Å². The first kappa shape index (κ1) is 13.1. The molecule has 0 aliphatic heterocycles. The molecule has 102 valence electrons. The van der Waals surface area contributed by atoms with Crippen LogP contribution in [0.25, 0.3) is 10.9 Å². The summed E-state index contributed by atoms with van der Waals surface area (Å²) < 4.78 is 24.7. The molecule has 0 aliphatic carbocycles. The zero-order valence-electron chi connectivity index (χ0n) is 10.2. The molecule has 0 spiro atoms. The van der Waals surface area contributed by atoms with Crippen LogP contribution in [0.5, 0.6) is 0 Å². The lowest BCUT2D eigenvalue weighted by molar-refractivity contribution is 0.194. The van der Waals surface area contributed by atoms with Gasteiger partial charge >= 0.3 is 6.09 Å². The second-order valence-electron chi connectivity index (χ2n) is 4.03. The normalized spacial score (nSPS) is 11.7. The molecule has 0 bridgehead atoms. The summed E-state index contributed by atoms with van der Waals surface area (Å²) in [5.74, 6) is 0.0206. The van der Waals surface area contributed by atoms with Crippen LogP contribution in [0.15, 0.2) is 18.2 Å². The van der Waals surface area contributed by atoms with Crippen molar-refractivity contribution in [3.63, 3.8) is 0 Å². The van der Waals surface area contributed by atoms with E-state index in [4.69, 9.17) is 10.8 Å². The Labute approximate surface area is 109 Å². The zero-order valence-corrected chi connectivity index (χ0v) is 11.0. The third-order valence-corrected chi connectivity index (χ3v) is 3.83. The number of rotatable bonds is 2. The van der Waals surface area contributed by atoms with E-state index in [1.165, 1.54) is 25.2 Å². The second kappa shape index (κ2) is 4.12. The van der Waals surface area contributed by atoms with Crippen LogP contribution in [0.2, 0.25) is 0 Å². The van der Waals surface area contributed by atoms with E-state index in [9.17, 15) is 13.2 Å². The molecule has 0 amide bonds. The minimum absolute atomic E-state index is 0.0206. The van der Waals surface area contributed by atoms with Crippen molar-refractivity contribution in [2.45, 2.75) is 0 Å². The summed E-state index contributed by atoms with van der Waals surface area (Å²) in [5, 5.41) is 13.2. The first-order valence-corrected chi connectivity index (χ1v) is 7.02. The van der Waals surface area contributed by atoms with Gasteiger partial charge in [0.25, 0.3) is 0 Å². The molecule has 2 rings (SSSR count). The maximum Gasteiger partial charge on any atom is 0.432 e. The Kier molecular flexibility index (Phi) is 2.85. The predicted molar refractivity (Wildman–Crippen MR) is 70.8 cm³/mol. The van der Waals surface area contributed by atoms with Crippen LogP contribution < -0.4 is 10.0 Å². The van der Waals surface area contributed by atoms with Gasteiger partial charge < -0.3 is 10.8 Å². The lowest BCUT2D eigenvalue weighted by Crippen LogP contribution is -2.25. The molecule has 3 N–H and O–H groups in total. The fourth-order valence-corrected chi connectivity index (χ4v) is 2.10. The van der Waals surface area contributed by atoms with Crippen LogP contribution in [-0.2, 0) is 10.0 Å². The van der Waals surface area contributed by atoms with Gasteiger partial charge in [0.2, 0.25) is 10.0 Å². The molecule has 0 fully saturated rings. The number of hydrogen-bond donors (Lipinski definition) is 2. The summed E-state index contributed by atoms with van der Waals surface area (Å²) >= 11 is 0. The van der Waals surface area contributed by atoms with E-state index in [1.54, 1.807) is 0 Å². The molecule has 19 heavy (non-hydrogen) atoms. The fraction of sp³-hybridized carbons (Fsp3) is 0.200. The van der Waals surface area contributed by atoms with Gasteiger partial charge in [-0.15, -0.1) is 5.10 Å². The van der Waals surface area contributed by atoms with Crippen molar-refractivity contribution < 1.29 is 18.3 Å². The van der Waals surface area contributed by atoms with Crippen molar-refractivity contribution in [3.05, 3.63) is 18.2 Å². The van der Waals surface area contributed by atoms with Crippen molar-refractivity contribution in [2.24, 2.45) is 0 Å². The van der Waals surface area contributed by atoms with E-state index in [-0.39, 0.29) is 11.3 Å². The van der Waals surface area contributed by atoms with E-state index in [1.807, 2.05) is 0 Å². The lowest BCUT2D eigenvalue weighted by Gasteiger charge is -2.13. The van der Waals surface area contributed by atoms with E-state index in [0.29, 0.717) is 15.8 Å². The number of nitrogen functional groups attached to an aromatic ring is 1. The minimum Gasteiger partial charge on any atom is -0.463 e. The Balaban J connectivity index is 2.81. The quantitative estimate of drug-likeness (QED) is 0.777. The largest absolute Gasteiger partial charge is 0.463 e. The van der Waals surface area contributed by atoms with Gasteiger partial charge in [-0.3, -0.25) is 4.31 Å². The number of carbonyl (C=O) groups is 1. The monoisotopic (exact) mass is 284 g/mol. The zero-order chi connectivity index (χ0) is 14.4. The molecule has 0 unspecified atom stereocenters. The predicted octanol–water partition coefficient (Wildman–Crippen LogP) is 0.540. The molecule has 1 heterocycles. The number of hydrogen-bond acceptors (Lipinski definition) is 5. The number of anilines is 2. The highest BCUT2D eigenvalue weighted by Gasteiger charge is 2.22. The van der Waals surface area contributed by atoms with Crippen molar-refractivity contribution in [3.8, 4) is 0 Å². The molecular weight excluding hydrogens is 272 g/mol. The number of aromatic nitrogens is 2.